The summed E-state index contributed by atoms with van der Waals surface area (Å²) in [7, 11) is 0. The molecule has 1 N–H and O–H groups in total. The molecule has 2 atom stereocenters. The van der Waals surface area contributed by atoms with Gasteiger partial charge in [0.1, 0.15) is 11.6 Å². The van der Waals surface area contributed by atoms with Crippen LogP contribution in [0.3, 0.4) is 0 Å². The van der Waals surface area contributed by atoms with E-state index in [0.717, 1.165) is 56.0 Å². The summed E-state index contributed by atoms with van der Waals surface area (Å²) >= 11 is 0. The Kier molecular flexibility index (Phi) is 8.19. The van der Waals surface area contributed by atoms with Crippen molar-refractivity contribution < 1.29 is 13.6 Å². The van der Waals surface area contributed by atoms with Gasteiger partial charge in [0, 0.05) is 44.3 Å². The molecular formula is C27H39F2N5O. The second kappa shape index (κ2) is 11.1. The van der Waals surface area contributed by atoms with Crippen molar-refractivity contribution in [1.29, 1.82) is 0 Å². The maximum absolute atomic E-state index is 13.6. The zero-order valence-corrected chi connectivity index (χ0v) is 21.2. The molecular weight excluding hydrogens is 448 g/mol. The number of halogens is 2. The van der Waals surface area contributed by atoms with Crippen molar-refractivity contribution in [2.24, 2.45) is 5.92 Å². The molecule has 35 heavy (non-hydrogen) atoms. The highest BCUT2D eigenvalue weighted by atomic mass is 19.3. The predicted molar refractivity (Wildman–Crippen MR) is 132 cm³/mol. The molecule has 1 saturated carbocycles. The summed E-state index contributed by atoms with van der Waals surface area (Å²) < 4.78 is 29.3. The van der Waals surface area contributed by atoms with Crippen LogP contribution in [-0.2, 0) is 11.2 Å². The summed E-state index contributed by atoms with van der Waals surface area (Å²) in [6.07, 6.45) is 3.84. The largest absolute Gasteiger partial charge is 0.349 e. The molecule has 1 unspecified atom stereocenters. The predicted octanol–water partition coefficient (Wildman–Crippen LogP) is 5.25. The van der Waals surface area contributed by atoms with E-state index in [1.807, 2.05) is 37.3 Å². The number of piperidine rings is 1. The van der Waals surface area contributed by atoms with Crippen molar-refractivity contribution in [2.75, 3.05) is 13.1 Å². The van der Waals surface area contributed by atoms with Crippen molar-refractivity contribution in [3.63, 3.8) is 0 Å². The molecule has 2 fully saturated rings. The van der Waals surface area contributed by atoms with Crippen LogP contribution in [0.25, 0.3) is 0 Å². The Morgan fingerprint density at radius 3 is 2.43 bits per heavy atom. The number of alkyl halides is 2. The number of hydrogen-bond donors (Lipinski definition) is 1. The molecule has 192 valence electrons. The highest BCUT2D eigenvalue weighted by Crippen LogP contribution is 2.36. The first-order valence-corrected chi connectivity index (χ1v) is 13.1. The van der Waals surface area contributed by atoms with Crippen LogP contribution in [0.2, 0.25) is 0 Å². The first kappa shape index (κ1) is 25.7. The van der Waals surface area contributed by atoms with E-state index in [1.165, 1.54) is 0 Å². The number of carbonyl (C=O) groups is 1. The van der Waals surface area contributed by atoms with Crippen molar-refractivity contribution in [1.82, 2.24) is 25.0 Å². The number of hydrogen-bond acceptors (Lipinski definition) is 4. The minimum atomic E-state index is -2.63. The van der Waals surface area contributed by atoms with Crippen LogP contribution in [-0.4, -0.2) is 50.6 Å². The molecule has 2 aromatic rings. The van der Waals surface area contributed by atoms with Crippen molar-refractivity contribution in [2.45, 2.75) is 96.2 Å². The van der Waals surface area contributed by atoms with Crippen LogP contribution in [0.15, 0.2) is 30.3 Å². The Balaban J connectivity index is 1.37. The van der Waals surface area contributed by atoms with Gasteiger partial charge in [0.2, 0.25) is 11.8 Å². The molecule has 0 radical (unpaired) electrons. The van der Waals surface area contributed by atoms with E-state index in [4.69, 9.17) is 0 Å². The Bertz CT molecular complexity index is 961. The Labute approximate surface area is 207 Å². The van der Waals surface area contributed by atoms with Gasteiger partial charge in [-0.05, 0) is 51.5 Å². The van der Waals surface area contributed by atoms with E-state index in [9.17, 15) is 13.6 Å². The minimum Gasteiger partial charge on any atom is -0.349 e. The average molecular weight is 488 g/mol. The Morgan fingerprint density at radius 2 is 1.80 bits per heavy atom. The maximum Gasteiger partial charge on any atom is 0.248 e. The van der Waals surface area contributed by atoms with Gasteiger partial charge in [-0.15, -0.1) is 0 Å². The van der Waals surface area contributed by atoms with Gasteiger partial charge < -0.3 is 10.2 Å². The fraction of sp³-hybridized carbons (Fsp3) is 0.667. The second-order valence-corrected chi connectivity index (χ2v) is 10.3. The van der Waals surface area contributed by atoms with Gasteiger partial charge in [0.25, 0.3) is 0 Å². The quantitative estimate of drug-likeness (QED) is 0.553. The monoisotopic (exact) mass is 487 g/mol. The van der Waals surface area contributed by atoms with Gasteiger partial charge >= 0.3 is 0 Å². The molecule has 1 saturated heterocycles. The third kappa shape index (κ3) is 6.46. The fourth-order valence-corrected chi connectivity index (χ4v) is 5.62. The molecule has 2 heterocycles. The van der Waals surface area contributed by atoms with E-state index in [0.29, 0.717) is 6.04 Å². The van der Waals surface area contributed by atoms with Crippen LogP contribution < -0.4 is 5.32 Å². The van der Waals surface area contributed by atoms with Crippen molar-refractivity contribution >= 4 is 5.91 Å². The van der Waals surface area contributed by atoms with Gasteiger partial charge in [-0.3, -0.25) is 4.79 Å². The number of aryl methyl sites for hydroxylation is 2. The van der Waals surface area contributed by atoms with Crippen molar-refractivity contribution in [3.8, 4) is 0 Å². The number of aromatic nitrogens is 3. The smallest absolute Gasteiger partial charge is 0.248 e. The van der Waals surface area contributed by atoms with Crippen LogP contribution in [0.4, 0.5) is 8.78 Å². The lowest BCUT2D eigenvalue weighted by atomic mass is 9.85. The number of nitrogens with one attached hydrogen (secondary N) is 1. The van der Waals surface area contributed by atoms with Crippen LogP contribution in [0.5, 0.6) is 0 Å². The molecule has 1 aliphatic carbocycles. The summed E-state index contributed by atoms with van der Waals surface area (Å²) in [5.41, 5.74) is 1.06. The summed E-state index contributed by atoms with van der Waals surface area (Å²) in [6.45, 7) is 8.24. The molecule has 0 bridgehead atoms. The highest BCUT2D eigenvalue weighted by molar-refractivity contribution is 5.79. The molecule has 1 aromatic heterocycles. The van der Waals surface area contributed by atoms with E-state index in [1.54, 1.807) is 0 Å². The standard InChI is InChI=1S/C27H39F2N5O/c1-4-25-30-20(3)32-34(25)23-12-16-33(17-13-23)19(2)18-24(21-8-6-5-7-9-21)31-26(35)22-10-14-27(28,29)15-11-22/h5-9,19,22-24H,4,10-18H2,1-3H3,(H,31,35)/t19?,24-/m0/s1. The molecule has 1 aromatic carbocycles. The minimum absolute atomic E-state index is 0.0890. The maximum atomic E-state index is 13.6. The second-order valence-electron chi connectivity index (χ2n) is 10.3. The lowest BCUT2D eigenvalue weighted by Crippen LogP contribution is -2.44. The van der Waals surface area contributed by atoms with Gasteiger partial charge in [-0.25, -0.2) is 18.4 Å². The molecule has 1 aliphatic heterocycles. The van der Waals surface area contributed by atoms with Gasteiger partial charge in [0.15, 0.2) is 0 Å². The summed E-state index contributed by atoms with van der Waals surface area (Å²) in [4.78, 5) is 20.1. The number of likely N-dealkylation sites (tertiary alicyclic amines) is 1. The lowest BCUT2D eigenvalue weighted by Gasteiger charge is -2.38. The third-order valence-corrected chi connectivity index (χ3v) is 7.78. The SMILES string of the molecule is CCc1nc(C)nn1C1CCN(C(C)C[C@H](NC(=O)C2CCC(F)(F)CC2)c2ccccc2)CC1. The van der Waals surface area contributed by atoms with E-state index in [2.05, 4.69) is 38.8 Å². The number of benzene rings is 1. The number of amides is 1. The first-order valence-electron chi connectivity index (χ1n) is 13.1. The van der Waals surface area contributed by atoms with Crippen LogP contribution in [0.1, 0.15) is 88.1 Å². The molecule has 1 amide bonds. The van der Waals surface area contributed by atoms with Crippen LogP contribution >= 0.6 is 0 Å². The number of nitrogens with zero attached hydrogens (tertiary/aromatic N) is 4. The van der Waals surface area contributed by atoms with Gasteiger partial charge in [-0.2, -0.15) is 5.10 Å². The Hall–Kier alpha value is -2.35. The first-order chi connectivity index (χ1) is 16.8. The molecule has 8 heteroatoms. The normalized spacial score (nSPS) is 21.5. The van der Waals surface area contributed by atoms with Gasteiger partial charge in [-0.1, -0.05) is 37.3 Å². The number of carbonyl (C=O) groups excluding carboxylic acids is 1. The summed E-state index contributed by atoms with van der Waals surface area (Å²) in [6, 6.07) is 10.5. The molecule has 6 nitrogen and oxygen atoms in total. The Morgan fingerprint density at radius 1 is 1.14 bits per heavy atom. The van der Waals surface area contributed by atoms with Gasteiger partial charge in [0.05, 0.1) is 12.1 Å². The fourth-order valence-electron chi connectivity index (χ4n) is 5.62. The van der Waals surface area contributed by atoms with E-state index < -0.39 is 5.92 Å². The number of rotatable bonds is 8. The zero-order chi connectivity index (χ0) is 25.0. The highest BCUT2D eigenvalue weighted by Gasteiger charge is 2.38. The van der Waals surface area contributed by atoms with E-state index in [-0.39, 0.29) is 49.6 Å². The molecule has 4 rings (SSSR count). The zero-order valence-electron chi connectivity index (χ0n) is 21.2. The average Bonchev–Trinajstić information content (AvgIpc) is 3.24. The molecule has 0 spiro atoms. The lowest BCUT2D eigenvalue weighted by molar-refractivity contribution is -0.130. The third-order valence-electron chi connectivity index (χ3n) is 7.78. The van der Waals surface area contributed by atoms with E-state index >= 15 is 0 Å². The molecule has 2 aliphatic rings. The summed E-state index contributed by atoms with van der Waals surface area (Å²) in [5.74, 6) is -1.15. The van der Waals surface area contributed by atoms with Crippen LogP contribution in [0, 0.1) is 12.8 Å². The van der Waals surface area contributed by atoms with Crippen molar-refractivity contribution in [3.05, 3.63) is 47.5 Å². The summed E-state index contributed by atoms with van der Waals surface area (Å²) in [5, 5.41) is 7.86. The topological polar surface area (TPSA) is 63.1 Å².